The fraction of sp³-hybridized carbons (Fsp3) is 0.364. The number of halogens is 3. The maximum absolute atomic E-state index is 12.5. The van der Waals surface area contributed by atoms with E-state index in [-0.39, 0.29) is 5.69 Å². The van der Waals surface area contributed by atoms with Crippen LogP contribution in [-0.4, -0.2) is 13.3 Å². The van der Waals surface area contributed by atoms with Gasteiger partial charge in [-0.15, -0.1) is 0 Å². The number of rotatable bonds is 4. The quantitative estimate of drug-likeness (QED) is 0.807. The van der Waals surface area contributed by atoms with Crippen molar-refractivity contribution < 1.29 is 18.0 Å². The average molecular weight is 231 g/mol. The zero-order valence-electron chi connectivity index (χ0n) is 8.77. The van der Waals surface area contributed by atoms with Crippen LogP contribution >= 0.6 is 0 Å². The number of alkyl halides is 3. The molecule has 1 rings (SSSR count). The van der Waals surface area contributed by atoms with Crippen molar-refractivity contribution >= 4 is 12.0 Å². The molecule has 0 amide bonds. The van der Waals surface area contributed by atoms with Crippen LogP contribution < -0.4 is 5.32 Å². The predicted molar refractivity (Wildman–Crippen MR) is 55.4 cm³/mol. The molecule has 0 bridgehead atoms. The van der Waals surface area contributed by atoms with E-state index in [4.69, 9.17) is 0 Å². The highest BCUT2D eigenvalue weighted by Crippen LogP contribution is 2.35. The van der Waals surface area contributed by atoms with Crippen LogP contribution in [0.5, 0.6) is 0 Å². The standard InChI is InChI=1S/C11H12F3NO/c1-15-10-7-8(3-2-6-16)4-5-9(10)11(12,13)14/h4-7,15H,2-3H2,1H3. The Hall–Kier alpha value is -1.52. The number of carbonyl (C=O) groups excluding carboxylic acids is 1. The predicted octanol–water partition coefficient (Wildman–Crippen LogP) is 2.88. The largest absolute Gasteiger partial charge is 0.418 e. The molecule has 5 heteroatoms. The van der Waals surface area contributed by atoms with Gasteiger partial charge in [-0.3, -0.25) is 0 Å². The van der Waals surface area contributed by atoms with Crippen molar-refractivity contribution in [1.29, 1.82) is 0 Å². The highest BCUT2D eigenvalue weighted by atomic mass is 19.4. The van der Waals surface area contributed by atoms with Gasteiger partial charge in [0.15, 0.2) is 0 Å². The van der Waals surface area contributed by atoms with E-state index in [1.807, 2.05) is 0 Å². The zero-order valence-corrected chi connectivity index (χ0v) is 8.77. The molecule has 0 saturated carbocycles. The minimum absolute atomic E-state index is 0.0379. The Bertz CT molecular complexity index is 374. The summed E-state index contributed by atoms with van der Waals surface area (Å²) < 4.78 is 37.6. The van der Waals surface area contributed by atoms with Crippen LogP contribution in [0.1, 0.15) is 17.5 Å². The van der Waals surface area contributed by atoms with Gasteiger partial charge in [0.1, 0.15) is 6.29 Å². The Labute approximate surface area is 91.5 Å². The highest BCUT2D eigenvalue weighted by molar-refractivity contribution is 5.55. The molecular weight excluding hydrogens is 219 g/mol. The molecule has 0 aliphatic rings. The lowest BCUT2D eigenvalue weighted by Crippen LogP contribution is -2.09. The number of hydrogen-bond acceptors (Lipinski definition) is 2. The van der Waals surface area contributed by atoms with Crippen LogP contribution in [0.3, 0.4) is 0 Å². The van der Waals surface area contributed by atoms with Crippen molar-refractivity contribution in [1.82, 2.24) is 0 Å². The second-order valence-electron chi connectivity index (χ2n) is 3.33. The molecule has 88 valence electrons. The van der Waals surface area contributed by atoms with Gasteiger partial charge in [-0.25, -0.2) is 0 Å². The molecule has 16 heavy (non-hydrogen) atoms. The third-order valence-electron chi connectivity index (χ3n) is 2.21. The topological polar surface area (TPSA) is 29.1 Å². The van der Waals surface area contributed by atoms with Crippen molar-refractivity contribution in [2.24, 2.45) is 0 Å². The van der Waals surface area contributed by atoms with Gasteiger partial charge >= 0.3 is 6.18 Å². The van der Waals surface area contributed by atoms with Crippen LogP contribution in [-0.2, 0) is 17.4 Å². The SMILES string of the molecule is CNc1cc(CCC=O)ccc1C(F)(F)F. The Morgan fingerprint density at radius 1 is 1.38 bits per heavy atom. The molecule has 0 heterocycles. The molecule has 0 aliphatic carbocycles. The van der Waals surface area contributed by atoms with Crippen LogP contribution in [0.15, 0.2) is 18.2 Å². The maximum atomic E-state index is 12.5. The lowest BCUT2D eigenvalue weighted by atomic mass is 10.1. The monoisotopic (exact) mass is 231 g/mol. The molecule has 1 aromatic carbocycles. The smallest absolute Gasteiger partial charge is 0.388 e. The third kappa shape index (κ3) is 2.98. The van der Waals surface area contributed by atoms with E-state index in [2.05, 4.69) is 5.32 Å². The Kier molecular flexibility index (Phi) is 3.93. The van der Waals surface area contributed by atoms with Gasteiger partial charge in [0.2, 0.25) is 0 Å². The molecular formula is C11H12F3NO. The van der Waals surface area contributed by atoms with Gasteiger partial charge in [0.25, 0.3) is 0 Å². The van der Waals surface area contributed by atoms with Gasteiger partial charge in [0.05, 0.1) is 5.56 Å². The fourth-order valence-corrected chi connectivity index (χ4v) is 1.43. The number of benzene rings is 1. The second-order valence-corrected chi connectivity index (χ2v) is 3.33. The molecule has 1 N–H and O–H groups in total. The summed E-state index contributed by atoms with van der Waals surface area (Å²) in [5, 5.41) is 2.51. The normalized spacial score (nSPS) is 11.2. The summed E-state index contributed by atoms with van der Waals surface area (Å²) in [6.07, 6.45) is -2.84. The summed E-state index contributed by atoms with van der Waals surface area (Å²) in [6.45, 7) is 0. The van der Waals surface area contributed by atoms with E-state index < -0.39 is 11.7 Å². The van der Waals surface area contributed by atoms with E-state index in [0.29, 0.717) is 18.4 Å². The first-order valence-electron chi connectivity index (χ1n) is 4.80. The number of aldehydes is 1. The maximum Gasteiger partial charge on any atom is 0.418 e. The number of nitrogens with one attached hydrogen (secondary N) is 1. The first-order valence-corrected chi connectivity index (χ1v) is 4.80. The van der Waals surface area contributed by atoms with Gasteiger partial charge in [0, 0.05) is 19.2 Å². The molecule has 0 saturated heterocycles. The summed E-state index contributed by atoms with van der Waals surface area (Å²) >= 11 is 0. The van der Waals surface area contributed by atoms with E-state index in [1.165, 1.54) is 19.2 Å². The van der Waals surface area contributed by atoms with E-state index in [0.717, 1.165) is 12.4 Å². The molecule has 0 atom stereocenters. The number of carbonyl (C=O) groups is 1. The number of aryl methyl sites for hydroxylation is 1. The summed E-state index contributed by atoms with van der Waals surface area (Å²) in [5.74, 6) is 0. The highest BCUT2D eigenvalue weighted by Gasteiger charge is 2.33. The number of hydrogen-bond donors (Lipinski definition) is 1. The Morgan fingerprint density at radius 3 is 2.56 bits per heavy atom. The fourth-order valence-electron chi connectivity index (χ4n) is 1.43. The van der Waals surface area contributed by atoms with Gasteiger partial charge in [-0.2, -0.15) is 13.2 Å². The van der Waals surface area contributed by atoms with Crippen molar-refractivity contribution in [2.75, 3.05) is 12.4 Å². The molecule has 0 radical (unpaired) electrons. The van der Waals surface area contributed by atoms with E-state index in [1.54, 1.807) is 0 Å². The summed E-state index contributed by atoms with van der Waals surface area (Å²) in [4.78, 5) is 10.2. The molecule has 0 fully saturated rings. The summed E-state index contributed by atoms with van der Waals surface area (Å²) in [5.41, 5.74) is 0.0604. The van der Waals surface area contributed by atoms with Crippen LogP contribution in [0, 0.1) is 0 Å². The third-order valence-corrected chi connectivity index (χ3v) is 2.21. The lowest BCUT2D eigenvalue weighted by Gasteiger charge is -2.13. The van der Waals surface area contributed by atoms with Crippen molar-refractivity contribution in [3.05, 3.63) is 29.3 Å². The van der Waals surface area contributed by atoms with E-state index in [9.17, 15) is 18.0 Å². The van der Waals surface area contributed by atoms with Crippen molar-refractivity contribution in [2.45, 2.75) is 19.0 Å². The van der Waals surface area contributed by atoms with Gasteiger partial charge < -0.3 is 10.1 Å². The van der Waals surface area contributed by atoms with E-state index >= 15 is 0 Å². The minimum Gasteiger partial charge on any atom is -0.388 e. The first kappa shape index (κ1) is 12.5. The van der Waals surface area contributed by atoms with Crippen LogP contribution in [0.2, 0.25) is 0 Å². The van der Waals surface area contributed by atoms with Gasteiger partial charge in [-0.1, -0.05) is 6.07 Å². The van der Waals surface area contributed by atoms with Crippen molar-refractivity contribution in [3.63, 3.8) is 0 Å². The minimum atomic E-state index is -4.36. The molecule has 0 spiro atoms. The molecule has 1 aromatic rings. The van der Waals surface area contributed by atoms with Crippen LogP contribution in [0.25, 0.3) is 0 Å². The first-order chi connectivity index (χ1) is 7.49. The zero-order chi connectivity index (χ0) is 12.2. The average Bonchev–Trinajstić information content (AvgIpc) is 2.24. The summed E-state index contributed by atoms with van der Waals surface area (Å²) in [6, 6.07) is 3.85. The van der Waals surface area contributed by atoms with Crippen molar-refractivity contribution in [3.8, 4) is 0 Å². The molecule has 0 unspecified atom stereocenters. The van der Waals surface area contributed by atoms with Crippen LogP contribution in [0.4, 0.5) is 18.9 Å². The summed E-state index contributed by atoms with van der Waals surface area (Å²) in [7, 11) is 1.44. The lowest BCUT2D eigenvalue weighted by molar-refractivity contribution is -0.137. The second kappa shape index (κ2) is 5.01. The Morgan fingerprint density at radius 2 is 2.06 bits per heavy atom. The van der Waals surface area contributed by atoms with Gasteiger partial charge in [-0.05, 0) is 24.1 Å². The molecule has 0 aromatic heterocycles. The molecule has 2 nitrogen and oxygen atoms in total. The number of anilines is 1. The molecule has 0 aliphatic heterocycles. The Balaban J connectivity index is 3.02.